The summed E-state index contributed by atoms with van der Waals surface area (Å²) in [6.45, 7) is 8.29. The summed E-state index contributed by atoms with van der Waals surface area (Å²) >= 11 is 6.02. The van der Waals surface area contributed by atoms with Gasteiger partial charge in [0.25, 0.3) is 0 Å². The number of rotatable bonds is 5. The van der Waals surface area contributed by atoms with E-state index >= 15 is 0 Å². The Kier molecular flexibility index (Phi) is 9.55. The van der Waals surface area contributed by atoms with E-state index in [0.29, 0.717) is 0 Å². The smallest absolute Gasteiger partial charge is 0.399 e. The monoisotopic (exact) mass is 724 g/mol. The Morgan fingerprint density at radius 1 is 0.481 bits per heavy atom. The van der Waals surface area contributed by atoms with Crippen LogP contribution in [0.3, 0.4) is 0 Å². The second-order valence-electron chi connectivity index (χ2n) is 14.3. The van der Waals surface area contributed by atoms with E-state index in [1.807, 2.05) is 97.1 Å². The van der Waals surface area contributed by atoms with Gasteiger partial charge in [-0.3, -0.25) is 9.97 Å². The second kappa shape index (κ2) is 14.6. The number of aromatic nitrogens is 4. The molecule has 264 valence electrons. The molecule has 1 aliphatic heterocycles. The van der Waals surface area contributed by atoms with E-state index < -0.39 is 0 Å². The van der Waals surface area contributed by atoms with E-state index in [1.165, 1.54) is 0 Å². The number of halogens is 1. The number of pyridine rings is 4. The van der Waals surface area contributed by atoms with Crippen LogP contribution in [0.15, 0.2) is 158 Å². The van der Waals surface area contributed by atoms with Gasteiger partial charge in [0.15, 0.2) is 0 Å². The van der Waals surface area contributed by atoms with Crippen molar-refractivity contribution in [2.45, 2.75) is 38.9 Å². The van der Waals surface area contributed by atoms with Gasteiger partial charge < -0.3 is 9.31 Å². The molecule has 0 N–H and O–H groups in total. The van der Waals surface area contributed by atoms with Crippen LogP contribution in [0.25, 0.3) is 66.8 Å². The zero-order valence-electron chi connectivity index (χ0n) is 30.6. The van der Waals surface area contributed by atoms with Crippen molar-refractivity contribution in [2.24, 2.45) is 0 Å². The van der Waals surface area contributed by atoms with Crippen LogP contribution in [0.2, 0.25) is 5.02 Å². The maximum absolute atomic E-state index is 6.20. The summed E-state index contributed by atoms with van der Waals surface area (Å²) in [5.74, 6) is 0. The fourth-order valence-corrected chi connectivity index (χ4v) is 6.67. The predicted octanol–water partition coefficient (Wildman–Crippen LogP) is 10.9. The van der Waals surface area contributed by atoms with Gasteiger partial charge in [-0.2, -0.15) is 0 Å². The first-order chi connectivity index (χ1) is 26.1. The van der Waals surface area contributed by atoms with Crippen LogP contribution >= 0.6 is 11.6 Å². The zero-order chi connectivity index (χ0) is 37.3. The Hall–Kier alpha value is -5.73. The summed E-state index contributed by atoms with van der Waals surface area (Å²) in [5.41, 5.74) is 10.2. The molecule has 0 amide bonds. The molecule has 8 aromatic rings. The number of hydrogen-bond donors (Lipinski definition) is 0. The summed E-state index contributed by atoms with van der Waals surface area (Å²) in [4.78, 5) is 18.5. The largest absolute Gasteiger partial charge is 0.494 e. The predicted molar refractivity (Wildman–Crippen MR) is 222 cm³/mol. The lowest BCUT2D eigenvalue weighted by molar-refractivity contribution is 0.00578. The van der Waals surface area contributed by atoms with Gasteiger partial charge >= 0.3 is 7.12 Å². The SMILES string of the molecule is CC1(C)OB(c2ccc(-c3cc(-c4ccccn4)nc4ccccc34)cc2)OC1(C)C.Clc1ccc(-c2cc(-c3ccccn3)nc3ccccc23)cc1. The Labute approximate surface area is 321 Å². The molecular weight excluding hydrogens is 687 g/mol. The van der Waals surface area contributed by atoms with E-state index in [2.05, 4.69) is 86.2 Å². The molecule has 4 aromatic heterocycles. The van der Waals surface area contributed by atoms with Gasteiger partial charge in [0.05, 0.1) is 45.0 Å². The van der Waals surface area contributed by atoms with E-state index in [9.17, 15) is 0 Å². The average molecular weight is 725 g/mol. The van der Waals surface area contributed by atoms with Gasteiger partial charge in [-0.05, 0) is 116 Å². The molecule has 1 saturated heterocycles. The number of benzene rings is 4. The molecule has 9 rings (SSSR count). The van der Waals surface area contributed by atoms with E-state index in [1.54, 1.807) is 12.4 Å². The highest BCUT2D eigenvalue weighted by atomic mass is 35.5. The number of hydrogen-bond acceptors (Lipinski definition) is 6. The first-order valence-corrected chi connectivity index (χ1v) is 18.4. The molecule has 54 heavy (non-hydrogen) atoms. The number of fused-ring (bicyclic) bond motifs is 2. The molecule has 0 aliphatic carbocycles. The number of nitrogens with zero attached hydrogens (tertiary/aromatic N) is 4. The third-order valence-electron chi connectivity index (χ3n) is 10.2. The van der Waals surface area contributed by atoms with E-state index in [-0.39, 0.29) is 18.3 Å². The third-order valence-corrected chi connectivity index (χ3v) is 10.4. The van der Waals surface area contributed by atoms with Gasteiger partial charge in [-0.25, -0.2) is 9.97 Å². The molecule has 0 atom stereocenters. The van der Waals surface area contributed by atoms with Gasteiger partial charge in [0, 0.05) is 28.2 Å². The van der Waals surface area contributed by atoms with Crippen molar-refractivity contribution in [2.75, 3.05) is 0 Å². The summed E-state index contributed by atoms with van der Waals surface area (Å²) in [7, 11) is -0.364. The van der Waals surface area contributed by atoms with Crippen molar-refractivity contribution in [1.29, 1.82) is 0 Å². The fraction of sp³-hybridized carbons (Fsp3) is 0.130. The van der Waals surface area contributed by atoms with Gasteiger partial charge in [0.2, 0.25) is 0 Å². The van der Waals surface area contributed by atoms with Gasteiger partial charge in [-0.15, -0.1) is 0 Å². The fourth-order valence-electron chi connectivity index (χ4n) is 6.55. The van der Waals surface area contributed by atoms with Crippen LogP contribution in [-0.4, -0.2) is 38.3 Å². The highest BCUT2D eigenvalue weighted by molar-refractivity contribution is 6.62. The molecular formula is C46H38BClN4O2. The maximum Gasteiger partial charge on any atom is 0.494 e. The Morgan fingerprint density at radius 3 is 1.35 bits per heavy atom. The minimum absolute atomic E-state index is 0.352. The minimum atomic E-state index is -0.364. The summed E-state index contributed by atoms with van der Waals surface area (Å²) < 4.78 is 12.4. The Morgan fingerprint density at radius 2 is 0.907 bits per heavy atom. The lowest BCUT2D eigenvalue weighted by Gasteiger charge is -2.32. The zero-order valence-corrected chi connectivity index (χ0v) is 31.3. The van der Waals surface area contributed by atoms with Crippen LogP contribution in [0.4, 0.5) is 0 Å². The van der Waals surface area contributed by atoms with Crippen LogP contribution in [0.1, 0.15) is 27.7 Å². The molecule has 0 bridgehead atoms. The molecule has 6 nitrogen and oxygen atoms in total. The molecule has 1 fully saturated rings. The number of para-hydroxylation sites is 2. The molecule has 4 aromatic carbocycles. The van der Waals surface area contributed by atoms with Gasteiger partial charge in [0.1, 0.15) is 0 Å². The van der Waals surface area contributed by atoms with Crippen molar-refractivity contribution in [3.05, 3.63) is 163 Å². The second-order valence-corrected chi connectivity index (χ2v) is 14.7. The molecule has 5 heterocycles. The molecule has 0 unspecified atom stereocenters. The summed E-state index contributed by atoms with van der Waals surface area (Å²) in [5, 5.41) is 2.97. The summed E-state index contributed by atoms with van der Waals surface area (Å²) in [6, 6.07) is 48.7. The van der Waals surface area contributed by atoms with Gasteiger partial charge in [-0.1, -0.05) is 96.5 Å². The van der Waals surface area contributed by atoms with Crippen molar-refractivity contribution in [1.82, 2.24) is 19.9 Å². The molecule has 0 radical (unpaired) electrons. The first kappa shape index (κ1) is 35.3. The van der Waals surface area contributed by atoms with Crippen LogP contribution in [-0.2, 0) is 9.31 Å². The molecule has 0 spiro atoms. The lowest BCUT2D eigenvalue weighted by Crippen LogP contribution is -2.41. The third kappa shape index (κ3) is 7.14. The van der Waals surface area contributed by atoms with Crippen LogP contribution in [0.5, 0.6) is 0 Å². The standard InChI is InChI=1S/C26H25BN2O2.C20H13ClN2/c1-25(2)26(3,4)31-27(30-25)19-14-12-18(13-15-19)21-17-24(23-11-7-8-16-28-23)29-22-10-6-5-9-20(21)22;21-15-10-8-14(9-11-15)17-13-20(19-7-3-4-12-22-19)23-18-6-2-1-5-16(17)18/h5-17H,1-4H3;1-13H. The quantitative estimate of drug-likeness (QED) is 0.165. The van der Waals surface area contributed by atoms with E-state index in [4.69, 9.17) is 30.9 Å². The normalized spacial score (nSPS) is 14.5. The lowest BCUT2D eigenvalue weighted by atomic mass is 9.78. The Bertz CT molecular complexity index is 2550. The van der Waals surface area contributed by atoms with Crippen molar-refractivity contribution >= 4 is 46.0 Å². The Balaban J connectivity index is 0.000000160. The minimum Gasteiger partial charge on any atom is -0.399 e. The van der Waals surface area contributed by atoms with Crippen molar-refractivity contribution < 1.29 is 9.31 Å². The first-order valence-electron chi connectivity index (χ1n) is 18.0. The van der Waals surface area contributed by atoms with Crippen molar-refractivity contribution in [3.8, 4) is 45.0 Å². The van der Waals surface area contributed by atoms with E-state index in [0.717, 1.165) is 77.3 Å². The van der Waals surface area contributed by atoms with Crippen LogP contribution < -0.4 is 5.46 Å². The van der Waals surface area contributed by atoms with Crippen LogP contribution in [0, 0.1) is 0 Å². The molecule has 0 saturated carbocycles. The summed E-state index contributed by atoms with van der Waals surface area (Å²) in [6.07, 6.45) is 3.58. The topological polar surface area (TPSA) is 70.0 Å². The highest BCUT2D eigenvalue weighted by Crippen LogP contribution is 2.37. The average Bonchev–Trinajstić information content (AvgIpc) is 3.44. The van der Waals surface area contributed by atoms with Crippen molar-refractivity contribution in [3.63, 3.8) is 0 Å². The molecule has 1 aliphatic rings. The molecule has 8 heteroatoms. The maximum atomic E-state index is 6.20. The highest BCUT2D eigenvalue weighted by Gasteiger charge is 2.51.